The van der Waals surface area contributed by atoms with Crippen molar-refractivity contribution in [2.24, 2.45) is 84.7 Å². The zero-order valence-electron chi connectivity index (χ0n) is 51.2. The highest BCUT2D eigenvalue weighted by molar-refractivity contribution is 4.99. The van der Waals surface area contributed by atoms with Crippen molar-refractivity contribution < 1.29 is 0 Å². The monoisotopic (exact) mass is 986 g/mol. The Morgan fingerprint density at radius 2 is 0.718 bits per heavy atom. The minimum absolute atomic E-state index is 0.529. The van der Waals surface area contributed by atoms with Crippen LogP contribution < -0.4 is 5.32 Å². The van der Waals surface area contributed by atoms with Crippen LogP contribution in [0.1, 0.15) is 347 Å². The van der Waals surface area contributed by atoms with Crippen molar-refractivity contribution >= 4 is 0 Å². The molecule has 1 saturated heterocycles. The smallest absolute Gasteiger partial charge is 0.000792 e. The summed E-state index contributed by atoms with van der Waals surface area (Å²) >= 11 is 0. The molecule has 5 atom stereocenters. The molecule has 71 heavy (non-hydrogen) atoms. The van der Waals surface area contributed by atoms with Crippen LogP contribution in [0.5, 0.6) is 0 Å². The minimum Gasteiger partial charge on any atom is -0.316 e. The average Bonchev–Trinajstić information content (AvgIpc) is 3.98. The van der Waals surface area contributed by atoms with Crippen molar-refractivity contribution in [1.82, 2.24) is 5.32 Å². The van der Waals surface area contributed by atoms with Crippen molar-refractivity contribution in [3.8, 4) is 0 Å². The molecule has 9 saturated carbocycles. The summed E-state index contributed by atoms with van der Waals surface area (Å²) in [5.74, 6) is 6.90. The van der Waals surface area contributed by atoms with Gasteiger partial charge < -0.3 is 5.32 Å². The molecule has 0 radical (unpaired) electrons. The van der Waals surface area contributed by atoms with Gasteiger partial charge in [-0.25, -0.2) is 0 Å². The van der Waals surface area contributed by atoms with Gasteiger partial charge in [0.15, 0.2) is 0 Å². The molecular formula is C70H131N. The molecule has 1 nitrogen and oxygen atoms in total. The van der Waals surface area contributed by atoms with Crippen molar-refractivity contribution in [2.75, 3.05) is 13.1 Å². The lowest BCUT2D eigenvalue weighted by Gasteiger charge is -2.52. The summed E-state index contributed by atoms with van der Waals surface area (Å²) in [6.07, 6.45) is 60.6. The van der Waals surface area contributed by atoms with E-state index in [1.807, 2.05) is 0 Å². The first-order valence-corrected chi connectivity index (χ1v) is 33.3. The average molecular weight is 987 g/mol. The first-order chi connectivity index (χ1) is 33.5. The second kappa shape index (κ2) is 26.5. The van der Waals surface area contributed by atoms with Crippen LogP contribution in [0, 0.1) is 84.7 Å². The van der Waals surface area contributed by atoms with Gasteiger partial charge in [-0.05, 0) is 239 Å². The number of hydrogen-bond acceptors (Lipinski definition) is 1. The first-order valence-electron chi connectivity index (χ1n) is 33.3. The van der Waals surface area contributed by atoms with Crippen LogP contribution in [-0.4, -0.2) is 13.1 Å². The van der Waals surface area contributed by atoms with Crippen molar-refractivity contribution in [3.63, 3.8) is 0 Å². The molecular weight excluding hydrogens is 855 g/mol. The zero-order chi connectivity index (χ0) is 51.4. The summed E-state index contributed by atoms with van der Waals surface area (Å²) < 4.78 is 0. The summed E-state index contributed by atoms with van der Waals surface area (Å²) in [7, 11) is 0. The molecule has 9 aliphatic carbocycles. The number of piperidine rings is 1. The van der Waals surface area contributed by atoms with Crippen LogP contribution in [0.15, 0.2) is 0 Å². The molecule has 10 fully saturated rings. The van der Waals surface area contributed by atoms with E-state index in [9.17, 15) is 0 Å². The van der Waals surface area contributed by atoms with Gasteiger partial charge in [-0.15, -0.1) is 0 Å². The van der Waals surface area contributed by atoms with Gasteiger partial charge >= 0.3 is 0 Å². The molecule has 10 rings (SSSR count). The highest BCUT2D eigenvalue weighted by Crippen LogP contribution is 2.59. The van der Waals surface area contributed by atoms with E-state index < -0.39 is 0 Å². The lowest BCUT2D eigenvalue weighted by Crippen LogP contribution is -2.42. The van der Waals surface area contributed by atoms with Gasteiger partial charge in [-0.2, -0.15) is 0 Å². The van der Waals surface area contributed by atoms with E-state index in [4.69, 9.17) is 0 Å². The molecule has 5 spiro atoms. The Bertz CT molecular complexity index is 1440. The summed E-state index contributed by atoms with van der Waals surface area (Å²) in [6, 6.07) is 0. The maximum atomic E-state index is 3.59. The topological polar surface area (TPSA) is 12.0 Å². The molecule has 1 heterocycles. The molecule has 0 aromatic heterocycles. The van der Waals surface area contributed by atoms with Crippen LogP contribution in [-0.2, 0) is 0 Å². The Hall–Kier alpha value is -0.0400. The van der Waals surface area contributed by atoms with Crippen LogP contribution in [0.4, 0.5) is 0 Å². The maximum Gasteiger partial charge on any atom is 0.000792 e. The van der Waals surface area contributed by atoms with E-state index in [0.29, 0.717) is 21.7 Å². The first kappa shape index (κ1) is 60.2. The zero-order valence-corrected chi connectivity index (χ0v) is 51.2. The second-order valence-corrected chi connectivity index (χ2v) is 32.7. The van der Waals surface area contributed by atoms with Crippen LogP contribution in [0.2, 0.25) is 0 Å². The Morgan fingerprint density at radius 3 is 1.13 bits per heavy atom. The largest absolute Gasteiger partial charge is 0.316 e. The van der Waals surface area contributed by atoms with Crippen LogP contribution in [0.25, 0.3) is 0 Å². The standard InChI is InChI=1S/C15H28.3C14H26.C13H25N/c1-14(2,3)13-9-5-8-12-15(13)10-6-4-7-11-15;1-13(2,3)12-8-4-5-9-14(12)10-6-7-11-14;1-12(2)13-6-10-14(11-7-13)8-4-3-5-9-14;1-12(2)13-7-6-10-14(11-13)8-4-3-5-9-14;1-12(2,3)11-5-7-13(9-11)6-4-8-14-10-13/h13H,4-12H2,1-3H3;12H,4-11H2,1-3H3;2*12-13H,3-11H2,1-2H3;11,14H,4-10H2,1-3H3. The lowest BCUT2D eigenvalue weighted by molar-refractivity contribution is -0.0180. The van der Waals surface area contributed by atoms with Crippen LogP contribution >= 0.6 is 0 Å². The number of nitrogens with one attached hydrogen (secondary N) is 1. The SMILES string of the molecule is CC(C)(C)C1CCC2(CCCNC2)C1.CC(C)(C)C1CCCCC12CCCC2.CC(C)(C)C1CCCCC12CCCCC2.CC(C)C1CCC2(CCCCC2)CC1.CC(C)C1CCCC2(CCCCC2)C1. The second-order valence-electron chi connectivity index (χ2n) is 32.7. The third-order valence-corrected chi connectivity index (χ3v) is 24.1. The van der Waals surface area contributed by atoms with Gasteiger partial charge in [0, 0.05) is 6.54 Å². The van der Waals surface area contributed by atoms with E-state index >= 15 is 0 Å². The van der Waals surface area contributed by atoms with E-state index in [-0.39, 0.29) is 0 Å². The summed E-state index contributed by atoms with van der Waals surface area (Å²) in [4.78, 5) is 0. The molecule has 10 aliphatic rings. The third-order valence-electron chi connectivity index (χ3n) is 24.1. The van der Waals surface area contributed by atoms with Gasteiger partial charge in [0.2, 0.25) is 0 Å². The molecule has 0 bridgehead atoms. The molecule has 1 N–H and O–H groups in total. The Kier molecular flexibility index (Phi) is 22.5. The normalized spacial score (nSPS) is 32.8. The fourth-order valence-electron chi connectivity index (χ4n) is 19.8. The van der Waals surface area contributed by atoms with Crippen molar-refractivity contribution in [1.29, 1.82) is 0 Å². The third kappa shape index (κ3) is 17.0. The van der Waals surface area contributed by atoms with Crippen molar-refractivity contribution in [2.45, 2.75) is 347 Å². The Morgan fingerprint density at radius 1 is 0.324 bits per heavy atom. The van der Waals surface area contributed by atoms with Gasteiger partial charge in [0.05, 0.1) is 0 Å². The molecule has 0 aromatic carbocycles. The molecule has 0 amide bonds. The Balaban J connectivity index is 0.000000145. The molecule has 416 valence electrons. The van der Waals surface area contributed by atoms with Gasteiger partial charge in [-0.1, -0.05) is 199 Å². The maximum absolute atomic E-state index is 3.59. The van der Waals surface area contributed by atoms with Gasteiger partial charge in [0.1, 0.15) is 0 Å². The van der Waals surface area contributed by atoms with Gasteiger partial charge in [0.25, 0.3) is 0 Å². The predicted molar refractivity (Wildman–Crippen MR) is 315 cm³/mol. The number of rotatable bonds is 2. The fourth-order valence-corrected chi connectivity index (χ4v) is 19.8. The van der Waals surface area contributed by atoms with E-state index in [0.717, 1.165) is 63.1 Å². The number of hydrogen-bond donors (Lipinski definition) is 1. The fraction of sp³-hybridized carbons (Fsp3) is 1.00. The summed E-state index contributed by atoms with van der Waals surface area (Å²) in [5.41, 5.74) is 5.47. The lowest BCUT2D eigenvalue weighted by atomic mass is 9.53. The molecule has 5 unspecified atom stereocenters. The minimum atomic E-state index is 0.529. The quantitative estimate of drug-likeness (QED) is 0.291. The van der Waals surface area contributed by atoms with E-state index in [1.54, 1.807) is 51.4 Å². The molecule has 1 aliphatic heterocycles. The predicted octanol–water partition coefficient (Wildman–Crippen LogP) is 22.7. The van der Waals surface area contributed by atoms with E-state index in [1.165, 1.54) is 219 Å². The summed E-state index contributed by atoms with van der Waals surface area (Å²) in [5, 5.41) is 3.59. The highest BCUT2D eigenvalue weighted by atomic mass is 14.9. The van der Waals surface area contributed by atoms with E-state index in [2.05, 4.69) is 95.3 Å². The summed E-state index contributed by atoms with van der Waals surface area (Å²) in [6.45, 7) is 34.2. The van der Waals surface area contributed by atoms with Crippen LogP contribution in [0.3, 0.4) is 0 Å². The van der Waals surface area contributed by atoms with Gasteiger partial charge in [-0.3, -0.25) is 0 Å². The van der Waals surface area contributed by atoms with Crippen molar-refractivity contribution in [3.05, 3.63) is 0 Å². The molecule has 1 heteroatoms. The highest BCUT2D eigenvalue weighted by Gasteiger charge is 2.48. The Labute approximate surface area is 447 Å². The molecule has 0 aromatic rings.